The molecule has 21 heavy (non-hydrogen) atoms. The summed E-state index contributed by atoms with van der Waals surface area (Å²) in [4.78, 5) is 4.39. The van der Waals surface area contributed by atoms with Gasteiger partial charge in [-0.1, -0.05) is 12.1 Å². The molecule has 0 radical (unpaired) electrons. The van der Waals surface area contributed by atoms with Crippen LogP contribution in [0.4, 0.5) is 0 Å². The molecule has 2 rings (SSSR count). The number of sulfonamides is 1. The van der Waals surface area contributed by atoms with E-state index in [2.05, 4.69) is 15.0 Å². The maximum absolute atomic E-state index is 11.3. The van der Waals surface area contributed by atoms with Gasteiger partial charge in [-0.25, -0.2) is 18.1 Å². The van der Waals surface area contributed by atoms with Gasteiger partial charge in [-0.3, -0.25) is 0 Å². The predicted molar refractivity (Wildman–Crippen MR) is 82.6 cm³/mol. The van der Waals surface area contributed by atoms with E-state index in [0.29, 0.717) is 25.4 Å². The maximum Gasteiger partial charge on any atom is 0.211 e. The van der Waals surface area contributed by atoms with Gasteiger partial charge in [0.05, 0.1) is 5.75 Å². The van der Waals surface area contributed by atoms with E-state index in [-0.39, 0.29) is 11.8 Å². The Balaban J connectivity index is 1.76. The van der Waals surface area contributed by atoms with Crippen LogP contribution in [-0.2, 0) is 16.4 Å². The lowest BCUT2D eigenvalue weighted by atomic mass is 10.3. The van der Waals surface area contributed by atoms with Crippen LogP contribution in [0.5, 0.6) is 0 Å². The highest BCUT2D eigenvalue weighted by atomic mass is 32.2. The second-order valence-electron chi connectivity index (χ2n) is 4.93. The fraction of sp³-hybridized carbons (Fsp3) is 0.500. The van der Waals surface area contributed by atoms with Crippen molar-refractivity contribution < 1.29 is 12.8 Å². The summed E-state index contributed by atoms with van der Waals surface area (Å²) in [5.41, 5.74) is 1.65. The molecule has 6 nitrogen and oxygen atoms in total. The maximum atomic E-state index is 11.3. The fourth-order valence-corrected chi connectivity index (χ4v) is 2.59. The molecule has 0 bridgehead atoms. The number of para-hydroxylation sites is 2. The lowest BCUT2D eigenvalue weighted by Gasteiger charge is -2.13. The summed E-state index contributed by atoms with van der Waals surface area (Å²) >= 11 is 0. The Kier molecular flexibility index (Phi) is 5.33. The van der Waals surface area contributed by atoms with E-state index < -0.39 is 10.0 Å². The first-order valence-corrected chi connectivity index (χ1v) is 8.70. The van der Waals surface area contributed by atoms with Crippen LogP contribution in [0.1, 0.15) is 19.7 Å². The first-order valence-electron chi connectivity index (χ1n) is 7.05. The zero-order valence-corrected chi connectivity index (χ0v) is 13.1. The summed E-state index contributed by atoms with van der Waals surface area (Å²) < 4.78 is 30.8. The van der Waals surface area contributed by atoms with E-state index in [1.54, 1.807) is 6.92 Å². The monoisotopic (exact) mass is 311 g/mol. The molecule has 7 heteroatoms. The molecule has 0 fully saturated rings. The molecule has 116 valence electrons. The Morgan fingerprint density at radius 1 is 1.33 bits per heavy atom. The van der Waals surface area contributed by atoms with Crippen LogP contribution in [0.25, 0.3) is 11.1 Å². The number of nitrogens with one attached hydrogen (secondary N) is 2. The molecule has 0 saturated heterocycles. The molecule has 0 aliphatic heterocycles. The molecule has 0 amide bonds. The summed E-state index contributed by atoms with van der Waals surface area (Å²) in [5.74, 6) is 0.785. The second kappa shape index (κ2) is 7.02. The van der Waals surface area contributed by atoms with Gasteiger partial charge < -0.3 is 9.73 Å². The minimum absolute atomic E-state index is 0.0516. The number of nitrogens with zero attached hydrogens (tertiary/aromatic N) is 1. The molecular weight excluding hydrogens is 290 g/mol. The number of fused-ring (bicyclic) bond motifs is 1. The predicted octanol–water partition coefficient (Wildman–Crippen LogP) is 1.29. The third-order valence-electron chi connectivity index (χ3n) is 3.16. The van der Waals surface area contributed by atoms with Crippen LogP contribution in [0.3, 0.4) is 0 Å². The molecule has 1 aromatic carbocycles. The van der Waals surface area contributed by atoms with Gasteiger partial charge in [0.25, 0.3) is 0 Å². The van der Waals surface area contributed by atoms with Crippen molar-refractivity contribution in [1.82, 2.24) is 15.0 Å². The van der Waals surface area contributed by atoms with Crippen molar-refractivity contribution in [1.29, 1.82) is 0 Å². The van der Waals surface area contributed by atoms with Crippen LogP contribution >= 0.6 is 0 Å². The molecule has 1 heterocycles. The van der Waals surface area contributed by atoms with Crippen LogP contribution < -0.4 is 10.0 Å². The highest BCUT2D eigenvalue weighted by molar-refractivity contribution is 7.89. The van der Waals surface area contributed by atoms with Gasteiger partial charge in [0.2, 0.25) is 10.0 Å². The molecule has 0 aliphatic carbocycles. The van der Waals surface area contributed by atoms with Crippen molar-refractivity contribution in [2.45, 2.75) is 26.3 Å². The van der Waals surface area contributed by atoms with Crippen LogP contribution in [0.2, 0.25) is 0 Å². The van der Waals surface area contributed by atoms with Gasteiger partial charge in [-0.05, 0) is 26.0 Å². The first kappa shape index (κ1) is 15.9. The molecule has 0 spiro atoms. The first-order chi connectivity index (χ1) is 10.00. The Morgan fingerprint density at radius 3 is 2.81 bits per heavy atom. The van der Waals surface area contributed by atoms with E-state index >= 15 is 0 Å². The standard InChI is InChI=1S/C14H21N3O3S/c1-3-21(18,19)16-10-11(2)15-9-8-14-17-12-6-4-5-7-13(12)20-14/h4-7,11,15-16H,3,8-10H2,1-2H3/t11-/m0/s1. The highest BCUT2D eigenvalue weighted by Crippen LogP contribution is 2.14. The zero-order valence-electron chi connectivity index (χ0n) is 12.3. The van der Waals surface area contributed by atoms with Crippen molar-refractivity contribution in [3.63, 3.8) is 0 Å². The summed E-state index contributed by atoms with van der Waals surface area (Å²) in [6.45, 7) is 4.61. The van der Waals surface area contributed by atoms with Crippen LogP contribution in [-0.4, -0.2) is 38.3 Å². The molecule has 0 saturated carbocycles. The largest absolute Gasteiger partial charge is 0.441 e. The highest BCUT2D eigenvalue weighted by Gasteiger charge is 2.09. The molecule has 1 atom stereocenters. The van der Waals surface area contributed by atoms with E-state index in [1.807, 2.05) is 31.2 Å². The van der Waals surface area contributed by atoms with Crippen molar-refractivity contribution in [3.8, 4) is 0 Å². The van der Waals surface area contributed by atoms with Gasteiger partial charge >= 0.3 is 0 Å². The number of oxazole rings is 1. The summed E-state index contributed by atoms with van der Waals surface area (Å²) in [7, 11) is -3.13. The Hall–Kier alpha value is -1.44. The average molecular weight is 311 g/mol. The van der Waals surface area contributed by atoms with Crippen LogP contribution in [0.15, 0.2) is 28.7 Å². The SMILES string of the molecule is CCS(=O)(=O)NC[C@H](C)NCCc1nc2ccccc2o1. The third-order valence-corrected chi connectivity index (χ3v) is 4.53. The van der Waals surface area contributed by atoms with E-state index in [0.717, 1.165) is 11.1 Å². The van der Waals surface area contributed by atoms with Crippen molar-refractivity contribution in [2.24, 2.45) is 0 Å². The number of rotatable bonds is 8. The molecular formula is C14H21N3O3S. The van der Waals surface area contributed by atoms with Gasteiger partial charge in [-0.2, -0.15) is 0 Å². The molecule has 1 aromatic heterocycles. The smallest absolute Gasteiger partial charge is 0.211 e. The Morgan fingerprint density at radius 2 is 2.10 bits per heavy atom. The van der Waals surface area contributed by atoms with Gasteiger partial charge in [0.1, 0.15) is 5.52 Å². The second-order valence-corrected chi connectivity index (χ2v) is 7.03. The minimum Gasteiger partial charge on any atom is -0.441 e. The Bertz CT molecular complexity index is 649. The van der Waals surface area contributed by atoms with Crippen molar-refractivity contribution in [3.05, 3.63) is 30.2 Å². The zero-order chi connectivity index (χ0) is 15.3. The number of aromatic nitrogens is 1. The molecule has 0 aliphatic rings. The summed E-state index contributed by atoms with van der Waals surface area (Å²) in [6.07, 6.45) is 0.666. The lowest BCUT2D eigenvalue weighted by Crippen LogP contribution is -2.40. The lowest BCUT2D eigenvalue weighted by molar-refractivity contribution is 0.485. The van der Waals surface area contributed by atoms with E-state index in [1.165, 1.54) is 0 Å². The quantitative estimate of drug-likeness (QED) is 0.767. The minimum atomic E-state index is -3.13. The summed E-state index contributed by atoms with van der Waals surface area (Å²) in [6, 6.07) is 7.70. The normalized spacial score (nSPS) is 13.6. The van der Waals surface area contributed by atoms with Gasteiger partial charge in [0, 0.05) is 25.6 Å². The molecule has 0 unspecified atom stereocenters. The number of benzene rings is 1. The van der Waals surface area contributed by atoms with Crippen molar-refractivity contribution >= 4 is 21.1 Å². The van der Waals surface area contributed by atoms with E-state index in [9.17, 15) is 8.42 Å². The Labute approximate surface area is 125 Å². The average Bonchev–Trinajstić information content (AvgIpc) is 2.88. The van der Waals surface area contributed by atoms with E-state index in [4.69, 9.17) is 4.42 Å². The van der Waals surface area contributed by atoms with Gasteiger partial charge in [0.15, 0.2) is 11.5 Å². The molecule has 2 aromatic rings. The van der Waals surface area contributed by atoms with Gasteiger partial charge in [-0.15, -0.1) is 0 Å². The third kappa shape index (κ3) is 4.80. The fourth-order valence-electron chi connectivity index (χ4n) is 1.88. The topological polar surface area (TPSA) is 84.2 Å². The summed E-state index contributed by atoms with van der Waals surface area (Å²) in [5, 5.41) is 3.25. The number of hydrogen-bond donors (Lipinski definition) is 2. The molecule has 2 N–H and O–H groups in total. The number of hydrogen-bond acceptors (Lipinski definition) is 5. The van der Waals surface area contributed by atoms with Crippen molar-refractivity contribution in [2.75, 3.05) is 18.8 Å². The van der Waals surface area contributed by atoms with Crippen LogP contribution in [0, 0.1) is 0 Å².